The van der Waals surface area contributed by atoms with Crippen molar-refractivity contribution >= 4 is 39.2 Å². The van der Waals surface area contributed by atoms with Crippen LogP contribution in [0.1, 0.15) is 30.9 Å². The molecule has 1 aliphatic heterocycles. The van der Waals surface area contributed by atoms with Gasteiger partial charge in [0.25, 0.3) is 0 Å². The number of carbonyl (C=O) groups is 1. The van der Waals surface area contributed by atoms with E-state index in [1.165, 1.54) is 18.0 Å². The Hall–Kier alpha value is -2.65. The fourth-order valence-electron chi connectivity index (χ4n) is 2.37. The van der Waals surface area contributed by atoms with Crippen LogP contribution in [0.15, 0.2) is 63.6 Å². The van der Waals surface area contributed by atoms with E-state index in [1.807, 2.05) is 13.8 Å². The van der Waals surface area contributed by atoms with Crippen LogP contribution < -0.4 is 9.50 Å². The van der Waals surface area contributed by atoms with Crippen LogP contribution in [-0.4, -0.2) is 31.5 Å². The summed E-state index contributed by atoms with van der Waals surface area (Å²) < 4.78 is 30.2. The molecule has 3 rings (SSSR count). The first-order valence-electron chi connectivity index (χ1n) is 8.52. The number of benzene rings is 2. The van der Waals surface area contributed by atoms with Crippen LogP contribution in [0.4, 0.5) is 0 Å². The van der Waals surface area contributed by atoms with E-state index in [-0.39, 0.29) is 16.6 Å². The van der Waals surface area contributed by atoms with E-state index in [2.05, 4.69) is 15.5 Å². The molecular formula is C19H19N3O4S2. The van der Waals surface area contributed by atoms with Crippen LogP contribution in [0.2, 0.25) is 0 Å². The Bertz CT molecular complexity index is 1030. The van der Waals surface area contributed by atoms with Crippen molar-refractivity contribution in [3.05, 3.63) is 59.7 Å². The Kier molecular flexibility index (Phi) is 6.15. The van der Waals surface area contributed by atoms with E-state index >= 15 is 0 Å². The quantitative estimate of drug-likeness (QED) is 0.442. The van der Waals surface area contributed by atoms with E-state index < -0.39 is 10.1 Å². The second kappa shape index (κ2) is 8.57. The Morgan fingerprint density at radius 2 is 1.93 bits per heavy atom. The molecule has 0 radical (unpaired) electrons. The molecule has 1 heterocycles. The predicted octanol–water partition coefficient (Wildman–Crippen LogP) is 3.13. The summed E-state index contributed by atoms with van der Waals surface area (Å²) in [6, 6.07) is 13.1. The molecule has 1 N–H and O–H groups in total. The van der Waals surface area contributed by atoms with Gasteiger partial charge in [-0.05, 0) is 41.3 Å². The molecule has 0 aliphatic carbocycles. The third-order valence-electron chi connectivity index (χ3n) is 3.84. The number of nitrogens with one attached hydrogen (secondary N) is 1. The number of thioether (sulfide) groups is 1. The number of hydrogen-bond donors (Lipinski definition) is 1. The lowest BCUT2D eigenvalue weighted by atomic mass is 10.0. The van der Waals surface area contributed by atoms with Crippen LogP contribution in [0, 0.1) is 0 Å². The third kappa shape index (κ3) is 5.20. The molecule has 7 nitrogen and oxygen atoms in total. The van der Waals surface area contributed by atoms with Gasteiger partial charge in [-0.3, -0.25) is 4.79 Å². The van der Waals surface area contributed by atoms with Gasteiger partial charge in [-0.25, -0.2) is 0 Å². The molecule has 0 aromatic heterocycles. The highest BCUT2D eigenvalue weighted by Crippen LogP contribution is 2.22. The zero-order valence-corrected chi connectivity index (χ0v) is 17.0. The molecule has 0 bridgehead atoms. The van der Waals surface area contributed by atoms with Crippen molar-refractivity contribution in [3.63, 3.8) is 0 Å². The summed E-state index contributed by atoms with van der Waals surface area (Å²) >= 11 is 1.27. The standard InChI is InChI=1S/C19H19N3O4S2/c1-13(2)15-6-8-17(9-7-15)28(24,25)26-16-5-3-4-14(10-16)11-20-22-19-21-18(23)12-27-19/h3-11,13H,12H2,1-2H3,(H,21,22,23)/b20-11-. The summed E-state index contributed by atoms with van der Waals surface area (Å²) in [4.78, 5) is 11.2. The maximum absolute atomic E-state index is 12.5. The second-order valence-electron chi connectivity index (χ2n) is 6.32. The van der Waals surface area contributed by atoms with E-state index in [4.69, 9.17) is 4.18 Å². The van der Waals surface area contributed by atoms with Gasteiger partial charge in [-0.2, -0.15) is 13.5 Å². The van der Waals surface area contributed by atoms with Crippen molar-refractivity contribution in [2.45, 2.75) is 24.7 Å². The first-order chi connectivity index (χ1) is 13.3. The number of rotatable bonds is 6. The molecule has 2 aromatic rings. The van der Waals surface area contributed by atoms with Gasteiger partial charge in [0.1, 0.15) is 10.6 Å². The fraction of sp³-hybridized carbons (Fsp3) is 0.211. The van der Waals surface area contributed by atoms with Gasteiger partial charge in [0.15, 0.2) is 5.17 Å². The highest BCUT2D eigenvalue weighted by atomic mass is 32.2. The lowest BCUT2D eigenvalue weighted by molar-refractivity contribution is -0.116. The van der Waals surface area contributed by atoms with Gasteiger partial charge in [0.05, 0.1) is 12.0 Å². The zero-order chi connectivity index (χ0) is 20.1. The molecule has 0 saturated carbocycles. The smallest absolute Gasteiger partial charge is 0.339 e. The number of nitrogens with zero attached hydrogens (tertiary/aromatic N) is 2. The Labute approximate surface area is 168 Å². The Balaban J connectivity index is 1.72. The largest absolute Gasteiger partial charge is 0.379 e. The Morgan fingerprint density at radius 3 is 2.57 bits per heavy atom. The number of amidine groups is 1. The summed E-state index contributed by atoms with van der Waals surface area (Å²) in [7, 11) is -3.94. The normalized spacial score (nSPS) is 16.1. The number of carbonyl (C=O) groups excluding carboxylic acids is 1. The van der Waals surface area contributed by atoms with Gasteiger partial charge < -0.3 is 9.50 Å². The highest BCUT2D eigenvalue weighted by Gasteiger charge is 2.17. The zero-order valence-electron chi connectivity index (χ0n) is 15.3. The molecular weight excluding hydrogens is 398 g/mol. The van der Waals surface area contributed by atoms with E-state index in [9.17, 15) is 13.2 Å². The Morgan fingerprint density at radius 1 is 1.18 bits per heavy atom. The topological polar surface area (TPSA) is 97.2 Å². The summed E-state index contributed by atoms with van der Waals surface area (Å²) in [6.45, 7) is 4.08. The summed E-state index contributed by atoms with van der Waals surface area (Å²) in [5, 5.41) is 10.8. The van der Waals surface area contributed by atoms with E-state index in [0.717, 1.165) is 5.56 Å². The molecule has 1 fully saturated rings. The summed E-state index contributed by atoms with van der Waals surface area (Å²) in [6.07, 6.45) is 1.45. The van der Waals surface area contributed by atoms with Crippen molar-refractivity contribution in [1.29, 1.82) is 0 Å². The lowest BCUT2D eigenvalue weighted by Crippen LogP contribution is -2.19. The van der Waals surface area contributed by atoms with Crippen molar-refractivity contribution in [2.24, 2.45) is 10.2 Å². The van der Waals surface area contributed by atoms with Gasteiger partial charge in [-0.1, -0.05) is 49.9 Å². The number of hydrogen-bond acceptors (Lipinski definition) is 7. The van der Waals surface area contributed by atoms with Gasteiger partial charge in [0, 0.05) is 0 Å². The van der Waals surface area contributed by atoms with Crippen molar-refractivity contribution in [3.8, 4) is 5.75 Å². The van der Waals surface area contributed by atoms with Crippen LogP contribution in [0.3, 0.4) is 0 Å². The fourth-order valence-corrected chi connectivity index (χ4v) is 3.92. The molecule has 0 spiro atoms. The molecule has 1 aliphatic rings. The molecule has 0 unspecified atom stereocenters. The predicted molar refractivity (Wildman–Crippen MR) is 110 cm³/mol. The van der Waals surface area contributed by atoms with Gasteiger partial charge >= 0.3 is 10.1 Å². The van der Waals surface area contributed by atoms with Crippen molar-refractivity contribution in [1.82, 2.24) is 5.32 Å². The minimum Gasteiger partial charge on any atom is -0.379 e. The molecule has 1 saturated heterocycles. The van der Waals surface area contributed by atoms with E-state index in [0.29, 0.717) is 22.4 Å². The highest BCUT2D eigenvalue weighted by molar-refractivity contribution is 8.15. The van der Waals surface area contributed by atoms with Crippen LogP contribution in [0.25, 0.3) is 0 Å². The molecule has 146 valence electrons. The second-order valence-corrected chi connectivity index (χ2v) is 8.83. The molecule has 28 heavy (non-hydrogen) atoms. The third-order valence-corrected chi connectivity index (χ3v) is 5.97. The maximum atomic E-state index is 12.5. The van der Waals surface area contributed by atoms with Crippen LogP contribution in [0.5, 0.6) is 5.75 Å². The molecule has 1 amide bonds. The maximum Gasteiger partial charge on any atom is 0.339 e. The number of amides is 1. The average molecular weight is 418 g/mol. The first-order valence-corrected chi connectivity index (χ1v) is 10.9. The first kappa shape index (κ1) is 20.1. The van der Waals surface area contributed by atoms with Gasteiger partial charge in [-0.15, -0.1) is 5.10 Å². The molecule has 2 aromatic carbocycles. The van der Waals surface area contributed by atoms with Crippen molar-refractivity contribution < 1.29 is 17.4 Å². The van der Waals surface area contributed by atoms with E-state index in [1.54, 1.807) is 48.5 Å². The van der Waals surface area contributed by atoms with Crippen LogP contribution >= 0.6 is 11.8 Å². The SMILES string of the molecule is CC(C)c1ccc(S(=O)(=O)Oc2cccc(/C=N\N=C3\NC(=O)CS3)c2)cc1. The monoisotopic (exact) mass is 417 g/mol. The van der Waals surface area contributed by atoms with Crippen LogP contribution in [-0.2, 0) is 14.9 Å². The summed E-state index contributed by atoms with van der Waals surface area (Å²) in [5.74, 6) is 0.704. The average Bonchev–Trinajstić information content (AvgIpc) is 3.07. The molecule has 9 heteroatoms. The molecule has 0 atom stereocenters. The van der Waals surface area contributed by atoms with Gasteiger partial charge in [0.2, 0.25) is 5.91 Å². The lowest BCUT2D eigenvalue weighted by Gasteiger charge is -2.09. The van der Waals surface area contributed by atoms with Crippen molar-refractivity contribution in [2.75, 3.05) is 5.75 Å². The minimum atomic E-state index is -3.94. The minimum absolute atomic E-state index is 0.0939. The summed E-state index contributed by atoms with van der Waals surface area (Å²) in [5.41, 5.74) is 1.66.